The van der Waals surface area contributed by atoms with Crippen molar-refractivity contribution in [3.63, 3.8) is 0 Å². The number of benzene rings is 2. The van der Waals surface area contributed by atoms with Gasteiger partial charge in [-0.15, -0.1) is 11.3 Å². The zero-order chi connectivity index (χ0) is 22.2. The molecular formula is C23H17Cl2N3O2S. The van der Waals surface area contributed by atoms with Gasteiger partial charge in [-0.05, 0) is 42.0 Å². The van der Waals surface area contributed by atoms with E-state index in [4.69, 9.17) is 27.9 Å². The molecule has 1 aromatic heterocycles. The Balaban J connectivity index is 1.75. The molecule has 1 heterocycles. The highest BCUT2D eigenvalue weighted by molar-refractivity contribution is 7.15. The molecule has 2 aromatic carbocycles. The van der Waals surface area contributed by atoms with Crippen LogP contribution in [0.15, 0.2) is 66.9 Å². The van der Waals surface area contributed by atoms with Gasteiger partial charge in [-0.3, -0.25) is 10.1 Å². The normalized spacial score (nSPS) is 10.9. The van der Waals surface area contributed by atoms with Crippen molar-refractivity contribution < 1.29 is 9.53 Å². The van der Waals surface area contributed by atoms with E-state index in [0.717, 1.165) is 10.4 Å². The molecule has 0 bridgehead atoms. The standard InChI is InChI=1S/C23H17Cl2N3O2S/c1-2-8-30-21-7-6-19(25)12-16(21)11-17(13-26)22(29)28-23-27-14-20(31-23)10-15-4-3-5-18(24)9-15/h2-7,9,11-12,14H,1,8,10H2,(H,27,28,29)/b17-11-. The maximum atomic E-state index is 12.6. The number of rotatable bonds is 8. The van der Waals surface area contributed by atoms with Crippen molar-refractivity contribution in [2.75, 3.05) is 11.9 Å². The first-order valence-electron chi connectivity index (χ1n) is 9.14. The summed E-state index contributed by atoms with van der Waals surface area (Å²) < 4.78 is 5.57. The summed E-state index contributed by atoms with van der Waals surface area (Å²) in [5, 5.41) is 13.7. The summed E-state index contributed by atoms with van der Waals surface area (Å²) in [5.74, 6) is -0.0799. The van der Waals surface area contributed by atoms with Crippen molar-refractivity contribution in [1.82, 2.24) is 4.98 Å². The van der Waals surface area contributed by atoms with E-state index in [2.05, 4.69) is 16.9 Å². The first kappa shape index (κ1) is 22.6. The number of halogens is 2. The van der Waals surface area contributed by atoms with Crippen molar-refractivity contribution in [2.24, 2.45) is 0 Å². The quantitative estimate of drug-likeness (QED) is 0.243. The van der Waals surface area contributed by atoms with E-state index in [-0.39, 0.29) is 12.2 Å². The van der Waals surface area contributed by atoms with Crippen LogP contribution in [0.5, 0.6) is 5.75 Å². The number of nitrogens with zero attached hydrogens (tertiary/aromatic N) is 2. The summed E-state index contributed by atoms with van der Waals surface area (Å²) in [6.45, 7) is 3.90. The first-order chi connectivity index (χ1) is 15.0. The molecule has 0 fully saturated rings. The van der Waals surface area contributed by atoms with Crippen molar-refractivity contribution in [3.05, 3.63) is 92.9 Å². The minimum absolute atomic E-state index is 0.0997. The van der Waals surface area contributed by atoms with Gasteiger partial charge in [0.15, 0.2) is 5.13 Å². The number of thiazole rings is 1. The first-order valence-corrected chi connectivity index (χ1v) is 10.7. The lowest BCUT2D eigenvalue weighted by Crippen LogP contribution is -2.13. The summed E-state index contributed by atoms with van der Waals surface area (Å²) in [6.07, 6.45) is 5.36. The predicted octanol–water partition coefficient (Wildman–Crippen LogP) is 6.15. The molecule has 0 spiro atoms. The Morgan fingerprint density at radius 1 is 1.26 bits per heavy atom. The monoisotopic (exact) mass is 469 g/mol. The molecule has 1 amide bonds. The summed E-state index contributed by atoms with van der Waals surface area (Å²) in [4.78, 5) is 17.8. The van der Waals surface area contributed by atoms with Gasteiger partial charge in [0.05, 0.1) is 0 Å². The number of anilines is 1. The van der Waals surface area contributed by atoms with Crippen LogP contribution in [0.1, 0.15) is 16.0 Å². The molecule has 0 aliphatic carbocycles. The summed E-state index contributed by atoms with van der Waals surface area (Å²) >= 11 is 13.4. The predicted molar refractivity (Wildman–Crippen MR) is 126 cm³/mol. The second kappa shape index (κ2) is 10.8. The number of ether oxygens (including phenoxy) is 1. The Labute approximate surface area is 194 Å². The molecule has 1 N–H and O–H groups in total. The maximum absolute atomic E-state index is 12.6. The molecule has 156 valence electrons. The van der Waals surface area contributed by atoms with Crippen LogP contribution in [-0.4, -0.2) is 17.5 Å². The molecule has 3 rings (SSSR count). The summed E-state index contributed by atoms with van der Waals surface area (Å²) in [7, 11) is 0. The molecular weight excluding hydrogens is 453 g/mol. The van der Waals surface area contributed by atoms with Crippen LogP contribution < -0.4 is 10.1 Å². The molecule has 0 unspecified atom stereocenters. The Hall–Kier alpha value is -3.11. The van der Waals surface area contributed by atoms with Crippen LogP contribution in [0.4, 0.5) is 5.13 Å². The van der Waals surface area contributed by atoms with E-state index < -0.39 is 5.91 Å². The van der Waals surface area contributed by atoms with E-state index >= 15 is 0 Å². The van der Waals surface area contributed by atoms with Gasteiger partial charge >= 0.3 is 0 Å². The van der Waals surface area contributed by atoms with Crippen molar-refractivity contribution in [3.8, 4) is 11.8 Å². The van der Waals surface area contributed by atoms with E-state index in [1.807, 2.05) is 30.3 Å². The van der Waals surface area contributed by atoms with Gasteiger partial charge in [-0.2, -0.15) is 5.26 Å². The molecule has 31 heavy (non-hydrogen) atoms. The maximum Gasteiger partial charge on any atom is 0.268 e. The SMILES string of the molecule is C=CCOc1ccc(Cl)cc1/C=C(/C#N)C(=O)Nc1ncc(Cc2cccc(Cl)c2)s1. The smallest absolute Gasteiger partial charge is 0.268 e. The molecule has 0 saturated carbocycles. The van der Waals surface area contributed by atoms with Gasteiger partial charge in [0, 0.05) is 33.1 Å². The third-order valence-electron chi connectivity index (χ3n) is 4.03. The highest BCUT2D eigenvalue weighted by Crippen LogP contribution is 2.27. The lowest BCUT2D eigenvalue weighted by atomic mass is 10.1. The van der Waals surface area contributed by atoms with Crippen molar-refractivity contribution in [2.45, 2.75) is 6.42 Å². The number of nitriles is 1. The number of carbonyl (C=O) groups is 1. The Bertz CT molecular complexity index is 1180. The third-order valence-corrected chi connectivity index (χ3v) is 5.42. The van der Waals surface area contributed by atoms with Crippen LogP contribution in [0.25, 0.3) is 6.08 Å². The number of nitrogens with one attached hydrogen (secondary N) is 1. The van der Waals surface area contributed by atoms with Crippen LogP contribution >= 0.6 is 34.5 Å². The molecule has 0 saturated heterocycles. The van der Waals surface area contributed by atoms with Crippen LogP contribution in [0.3, 0.4) is 0 Å². The second-order valence-corrected chi connectivity index (χ2v) is 8.33. The average Bonchev–Trinajstić information content (AvgIpc) is 3.17. The number of hydrogen-bond acceptors (Lipinski definition) is 5. The van der Waals surface area contributed by atoms with Gasteiger partial charge < -0.3 is 4.74 Å². The fourth-order valence-electron chi connectivity index (χ4n) is 2.68. The van der Waals surface area contributed by atoms with Gasteiger partial charge in [-0.25, -0.2) is 4.98 Å². The van der Waals surface area contributed by atoms with Gasteiger partial charge in [0.25, 0.3) is 5.91 Å². The van der Waals surface area contributed by atoms with Crippen molar-refractivity contribution in [1.29, 1.82) is 5.26 Å². The minimum atomic E-state index is -0.569. The van der Waals surface area contributed by atoms with Gasteiger partial charge in [0.2, 0.25) is 0 Å². The molecule has 0 atom stereocenters. The minimum Gasteiger partial charge on any atom is -0.489 e. The summed E-state index contributed by atoms with van der Waals surface area (Å²) in [5.41, 5.74) is 1.46. The summed E-state index contributed by atoms with van der Waals surface area (Å²) in [6, 6.07) is 14.4. The fraction of sp³-hybridized carbons (Fsp3) is 0.0870. The van der Waals surface area contributed by atoms with E-state index in [9.17, 15) is 10.1 Å². The molecule has 0 aliphatic heterocycles. The van der Waals surface area contributed by atoms with Crippen LogP contribution in [0.2, 0.25) is 10.0 Å². The Kier molecular flexibility index (Phi) is 7.85. The highest BCUT2D eigenvalue weighted by atomic mass is 35.5. The van der Waals surface area contributed by atoms with E-state index in [1.165, 1.54) is 17.4 Å². The average molecular weight is 470 g/mol. The molecule has 0 radical (unpaired) electrons. The topological polar surface area (TPSA) is 75.0 Å². The third kappa shape index (κ3) is 6.43. The lowest BCUT2D eigenvalue weighted by molar-refractivity contribution is -0.112. The fourth-order valence-corrected chi connectivity index (χ4v) is 3.91. The van der Waals surface area contributed by atoms with E-state index in [0.29, 0.717) is 32.9 Å². The Morgan fingerprint density at radius 3 is 2.81 bits per heavy atom. The number of hydrogen-bond donors (Lipinski definition) is 1. The zero-order valence-electron chi connectivity index (χ0n) is 16.3. The van der Waals surface area contributed by atoms with Gasteiger partial charge in [-0.1, -0.05) is 48.0 Å². The molecule has 3 aromatic rings. The van der Waals surface area contributed by atoms with Crippen molar-refractivity contribution >= 4 is 51.7 Å². The largest absolute Gasteiger partial charge is 0.489 e. The zero-order valence-corrected chi connectivity index (χ0v) is 18.6. The van der Waals surface area contributed by atoms with Crippen LogP contribution in [-0.2, 0) is 11.2 Å². The molecule has 8 heteroatoms. The molecule has 5 nitrogen and oxygen atoms in total. The number of aromatic nitrogens is 1. The second-order valence-electron chi connectivity index (χ2n) is 6.34. The number of amides is 1. The molecule has 0 aliphatic rings. The van der Waals surface area contributed by atoms with E-state index in [1.54, 1.807) is 30.5 Å². The Morgan fingerprint density at radius 2 is 2.06 bits per heavy atom. The van der Waals surface area contributed by atoms with Crippen LogP contribution in [0, 0.1) is 11.3 Å². The van der Waals surface area contributed by atoms with Gasteiger partial charge in [0.1, 0.15) is 24.0 Å². The highest BCUT2D eigenvalue weighted by Gasteiger charge is 2.14. The number of carbonyl (C=O) groups excluding carboxylic acids is 1. The lowest BCUT2D eigenvalue weighted by Gasteiger charge is -2.08.